The second kappa shape index (κ2) is 11.0. The number of thiazole rings is 1. The number of allylic oxidation sites excluding steroid dienone is 1. The number of carbonyl (C=O) groups is 1. The van der Waals surface area contributed by atoms with Crippen LogP contribution in [-0.4, -0.2) is 23.8 Å². The molecule has 0 aliphatic carbocycles. The van der Waals surface area contributed by atoms with Crippen LogP contribution in [0.1, 0.15) is 56.5 Å². The first-order valence-electron chi connectivity index (χ1n) is 11.5. The lowest BCUT2D eigenvalue weighted by Crippen LogP contribution is -2.39. The molecule has 3 aromatic rings. The summed E-state index contributed by atoms with van der Waals surface area (Å²) in [5, 5.41) is 1.94. The Bertz CT molecular complexity index is 1350. The summed E-state index contributed by atoms with van der Waals surface area (Å²) in [5.74, 6) is 0.382. The SMILES string of the molecule is CCCCCOc1ccc(C=c2sc3n(c2=O)C(c2cccs2)C(C(=O)OCC)=C(C)N=3)cc1. The van der Waals surface area contributed by atoms with Gasteiger partial charge in [-0.1, -0.05) is 49.3 Å². The number of hydrogen-bond donors (Lipinski definition) is 0. The van der Waals surface area contributed by atoms with Crippen LogP contribution < -0.4 is 19.6 Å². The number of carbonyl (C=O) groups excluding carboxylic acids is 1. The number of fused-ring (bicyclic) bond motifs is 1. The van der Waals surface area contributed by atoms with E-state index >= 15 is 0 Å². The van der Waals surface area contributed by atoms with E-state index in [4.69, 9.17) is 9.47 Å². The molecule has 0 N–H and O–H groups in total. The molecule has 178 valence electrons. The van der Waals surface area contributed by atoms with Gasteiger partial charge >= 0.3 is 5.97 Å². The highest BCUT2D eigenvalue weighted by molar-refractivity contribution is 7.10. The van der Waals surface area contributed by atoms with Gasteiger partial charge in [0.05, 0.1) is 29.0 Å². The molecule has 0 saturated heterocycles. The molecule has 6 nitrogen and oxygen atoms in total. The minimum atomic E-state index is -0.545. The first-order valence-corrected chi connectivity index (χ1v) is 13.2. The number of unbranched alkanes of at least 4 members (excludes halogenated alkanes) is 2. The maximum absolute atomic E-state index is 13.5. The van der Waals surface area contributed by atoms with Crippen molar-refractivity contribution < 1.29 is 14.3 Å². The number of ether oxygens (including phenoxy) is 2. The van der Waals surface area contributed by atoms with Gasteiger partial charge in [0.15, 0.2) is 4.80 Å². The van der Waals surface area contributed by atoms with Crippen molar-refractivity contribution in [3.8, 4) is 5.75 Å². The van der Waals surface area contributed by atoms with Gasteiger partial charge in [-0.2, -0.15) is 0 Å². The summed E-state index contributed by atoms with van der Waals surface area (Å²) in [7, 11) is 0. The van der Waals surface area contributed by atoms with E-state index in [0.29, 0.717) is 27.2 Å². The van der Waals surface area contributed by atoms with Gasteiger partial charge < -0.3 is 9.47 Å². The molecule has 0 radical (unpaired) electrons. The van der Waals surface area contributed by atoms with Crippen molar-refractivity contribution >= 4 is 34.7 Å². The molecule has 8 heteroatoms. The van der Waals surface area contributed by atoms with Crippen LogP contribution in [0.4, 0.5) is 0 Å². The van der Waals surface area contributed by atoms with Crippen molar-refractivity contribution in [1.29, 1.82) is 0 Å². The monoisotopic (exact) mass is 496 g/mol. The number of aromatic nitrogens is 1. The Labute approximate surface area is 206 Å². The van der Waals surface area contributed by atoms with Crippen LogP contribution in [0.15, 0.2) is 62.8 Å². The summed E-state index contributed by atoms with van der Waals surface area (Å²) < 4.78 is 13.3. The Kier molecular flexibility index (Phi) is 7.80. The van der Waals surface area contributed by atoms with Gasteiger partial charge in [-0.15, -0.1) is 11.3 Å². The zero-order valence-electron chi connectivity index (χ0n) is 19.6. The summed E-state index contributed by atoms with van der Waals surface area (Å²) in [6.45, 7) is 6.70. The third-order valence-corrected chi connectivity index (χ3v) is 7.43. The zero-order chi connectivity index (χ0) is 24.1. The van der Waals surface area contributed by atoms with Crippen molar-refractivity contribution in [3.63, 3.8) is 0 Å². The Hall–Kier alpha value is -2.97. The minimum Gasteiger partial charge on any atom is -0.494 e. The molecule has 34 heavy (non-hydrogen) atoms. The number of nitrogens with zero attached hydrogens (tertiary/aromatic N) is 2. The zero-order valence-corrected chi connectivity index (χ0v) is 21.2. The number of hydrogen-bond acceptors (Lipinski definition) is 7. The molecule has 4 rings (SSSR count). The number of benzene rings is 1. The first-order chi connectivity index (χ1) is 16.5. The van der Waals surface area contributed by atoms with Crippen LogP contribution in [0.25, 0.3) is 6.08 Å². The van der Waals surface area contributed by atoms with Gasteiger partial charge in [-0.05, 0) is 55.5 Å². The topological polar surface area (TPSA) is 69.9 Å². The lowest BCUT2D eigenvalue weighted by molar-refractivity contribution is -0.139. The van der Waals surface area contributed by atoms with Gasteiger partial charge in [-0.25, -0.2) is 9.79 Å². The van der Waals surface area contributed by atoms with Crippen LogP contribution >= 0.6 is 22.7 Å². The van der Waals surface area contributed by atoms with E-state index < -0.39 is 12.0 Å². The molecule has 1 aliphatic rings. The van der Waals surface area contributed by atoms with Crippen LogP contribution in [0.5, 0.6) is 5.75 Å². The molecular weight excluding hydrogens is 468 g/mol. The summed E-state index contributed by atoms with van der Waals surface area (Å²) >= 11 is 2.83. The average molecular weight is 497 g/mol. The van der Waals surface area contributed by atoms with Gasteiger partial charge in [0, 0.05) is 4.88 Å². The molecule has 1 aliphatic heterocycles. The van der Waals surface area contributed by atoms with E-state index in [1.54, 1.807) is 18.4 Å². The van der Waals surface area contributed by atoms with Crippen LogP contribution in [-0.2, 0) is 9.53 Å². The maximum atomic E-state index is 13.5. The first kappa shape index (κ1) is 24.2. The second-order valence-corrected chi connectivity index (χ2v) is 9.93. The van der Waals surface area contributed by atoms with E-state index in [-0.39, 0.29) is 12.2 Å². The molecule has 1 unspecified atom stereocenters. The molecule has 1 aromatic carbocycles. The van der Waals surface area contributed by atoms with Crippen LogP contribution in [0.2, 0.25) is 0 Å². The lowest BCUT2D eigenvalue weighted by Gasteiger charge is -2.23. The van der Waals surface area contributed by atoms with E-state index in [2.05, 4.69) is 11.9 Å². The van der Waals surface area contributed by atoms with Gasteiger partial charge in [-0.3, -0.25) is 9.36 Å². The molecule has 2 aromatic heterocycles. The Morgan fingerprint density at radius 3 is 2.65 bits per heavy atom. The van der Waals surface area contributed by atoms with Gasteiger partial charge in [0.2, 0.25) is 0 Å². The fourth-order valence-electron chi connectivity index (χ4n) is 3.86. The highest BCUT2D eigenvalue weighted by Crippen LogP contribution is 2.33. The van der Waals surface area contributed by atoms with Crippen LogP contribution in [0.3, 0.4) is 0 Å². The van der Waals surface area contributed by atoms with Crippen LogP contribution in [0, 0.1) is 0 Å². The standard InChI is InChI=1S/C26H28N2O4S2/c1-4-6-7-14-32-19-12-10-18(11-13-19)16-21-24(29)28-23(20-9-8-15-33-20)22(25(30)31-5-2)17(3)27-26(28)34-21/h8-13,15-16,23H,4-7,14H2,1-3H3. The summed E-state index contributed by atoms with van der Waals surface area (Å²) in [6.07, 6.45) is 5.22. The highest BCUT2D eigenvalue weighted by Gasteiger charge is 2.33. The van der Waals surface area contributed by atoms with Crippen molar-refractivity contribution in [2.24, 2.45) is 4.99 Å². The lowest BCUT2D eigenvalue weighted by atomic mass is 10.0. The Morgan fingerprint density at radius 1 is 1.18 bits per heavy atom. The highest BCUT2D eigenvalue weighted by atomic mass is 32.1. The van der Waals surface area contributed by atoms with E-state index in [0.717, 1.165) is 35.5 Å². The van der Waals surface area contributed by atoms with Gasteiger partial charge in [0.25, 0.3) is 5.56 Å². The van der Waals surface area contributed by atoms with E-state index in [9.17, 15) is 9.59 Å². The smallest absolute Gasteiger partial charge is 0.338 e. The number of rotatable bonds is 9. The summed E-state index contributed by atoms with van der Waals surface area (Å²) in [4.78, 5) is 32.4. The largest absolute Gasteiger partial charge is 0.494 e. The van der Waals surface area contributed by atoms with E-state index in [1.165, 1.54) is 22.7 Å². The normalized spacial score (nSPS) is 15.7. The quantitative estimate of drug-likeness (QED) is 0.325. The third kappa shape index (κ3) is 5.08. The van der Waals surface area contributed by atoms with Crippen molar-refractivity contribution in [1.82, 2.24) is 4.57 Å². The molecule has 0 fully saturated rings. The fraction of sp³-hybridized carbons (Fsp3) is 0.346. The third-order valence-electron chi connectivity index (χ3n) is 5.52. The molecule has 0 amide bonds. The fourth-order valence-corrected chi connectivity index (χ4v) is 5.73. The number of thiophene rings is 1. The molecule has 1 atom stereocenters. The Morgan fingerprint density at radius 2 is 1.97 bits per heavy atom. The maximum Gasteiger partial charge on any atom is 0.338 e. The molecule has 0 spiro atoms. The predicted octanol–water partition coefficient (Wildman–Crippen LogP) is 4.43. The summed E-state index contributed by atoms with van der Waals surface area (Å²) in [6, 6.07) is 11.0. The van der Waals surface area contributed by atoms with Crippen molar-refractivity contribution in [2.45, 2.75) is 46.1 Å². The number of esters is 1. The Balaban J connectivity index is 1.70. The molecule has 3 heterocycles. The molecule has 0 bridgehead atoms. The van der Waals surface area contributed by atoms with E-state index in [1.807, 2.05) is 47.9 Å². The average Bonchev–Trinajstić information content (AvgIpc) is 3.46. The molecule has 0 saturated carbocycles. The molecular formula is C26H28N2O4S2. The minimum absolute atomic E-state index is 0.170. The van der Waals surface area contributed by atoms with Crippen molar-refractivity contribution in [3.05, 3.63) is 83.2 Å². The van der Waals surface area contributed by atoms with Gasteiger partial charge in [0.1, 0.15) is 11.8 Å². The van der Waals surface area contributed by atoms with Crippen molar-refractivity contribution in [2.75, 3.05) is 13.2 Å². The predicted molar refractivity (Wildman–Crippen MR) is 136 cm³/mol. The second-order valence-electron chi connectivity index (χ2n) is 7.94. The summed E-state index contributed by atoms with van der Waals surface area (Å²) in [5.41, 5.74) is 1.72.